The number of amides is 2. The number of hydrogen-bond donors (Lipinski definition) is 5. The molecule has 1 aromatic carbocycles. The van der Waals surface area contributed by atoms with E-state index in [1.165, 1.54) is 0 Å². The van der Waals surface area contributed by atoms with Gasteiger partial charge in [0.15, 0.2) is 17.2 Å². The van der Waals surface area contributed by atoms with E-state index in [0.717, 1.165) is 48.7 Å². The van der Waals surface area contributed by atoms with Crippen molar-refractivity contribution in [1.82, 2.24) is 10.3 Å². The monoisotopic (exact) mass is 417 g/mol. The maximum Gasteiger partial charge on any atom is 0.340 e. The van der Waals surface area contributed by atoms with Crippen LogP contribution < -0.4 is 5.32 Å². The van der Waals surface area contributed by atoms with E-state index in [0.29, 0.717) is 0 Å². The van der Waals surface area contributed by atoms with E-state index < -0.39 is 29.2 Å². The van der Waals surface area contributed by atoms with Crippen LogP contribution in [0.15, 0.2) is 17.4 Å². The van der Waals surface area contributed by atoms with Gasteiger partial charge in [0.25, 0.3) is 0 Å². The maximum absolute atomic E-state index is 11.6. The second kappa shape index (κ2) is 11.2. The summed E-state index contributed by atoms with van der Waals surface area (Å²) in [5.74, 6) is -2.39. The van der Waals surface area contributed by atoms with E-state index in [1.807, 2.05) is 0 Å². The van der Waals surface area contributed by atoms with Crippen molar-refractivity contribution >= 4 is 23.6 Å². The Morgan fingerprint density at radius 2 is 1.71 bits per heavy atom. The van der Waals surface area contributed by atoms with Crippen molar-refractivity contribution in [2.24, 2.45) is 11.2 Å². The average Bonchev–Trinajstić information content (AvgIpc) is 2.65. The molecule has 0 unspecified atom stereocenters. The van der Waals surface area contributed by atoms with Gasteiger partial charge in [-0.25, -0.2) is 9.59 Å². The highest BCUT2D eigenvalue weighted by Gasteiger charge is 2.22. The van der Waals surface area contributed by atoms with Crippen molar-refractivity contribution in [1.29, 1.82) is 0 Å². The van der Waals surface area contributed by atoms with Gasteiger partial charge >= 0.3 is 12.0 Å². The Hall–Kier alpha value is -2.75. The number of alkyl halides is 1. The summed E-state index contributed by atoms with van der Waals surface area (Å²) in [6.07, 6.45) is 4.19. The normalized spacial score (nSPS) is 18.4. The standard InChI is InChI=1S/C10H18ClN3O2.C7H6O5/c1-8-2-4-9(5-3-8)12-10(15)14(13-16)7-6-11;8-4-1-3(7(11)12)2-5(9)6(4)10/h8-9H,2-7H2,1H3,(H,12,15);1-2,8-10H,(H,11,12). The molecule has 1 saturated carbocycles. The summed E-state index contributed by atoms with van der Waals surface area (Å²) in [6.45, 7) is 2.37. The van der Waals surface area contributed by atoms with Crippen molar-refractivity contribution in [2.75, 3.05) is 12.4 Å². The SMILES string of the molecule is CC1CCC(NC(=O)N(CCCl)N=O)CC1.O=C(O)c1cc(O)c(O)c(O)c1. The molecule has 0 atom stereocenters. The molecule has 1 aliphatic rings. The largest absolute Gasteiger partial charge is 0.504 e. The molecule has 0 aliphatic heterocycles. The quantitative estimate of drug-likeness (QED) is 0.213. The Kier molecular flexibility index (Phi) is 9.29. The number of carbonyl (C=O) groups is 2. The van der Waals surface area contributed by atoms with E-state index in [1.54, 1.807) is 0 Å². The number of benzene rings is 1. The molecule has 0 heterocycles. The Labute approximate surface area is 166 Å². The fourth-order valence-electron chi connectivity index (χ4n) is 2.64. The number of urea groups is 1. The molecule has 0 saturated heterocycles. The lowest BCUT2D eigenvalue weighted by molar-refractivity contribution is 0.0695. The van der Waals surface area contributed by atoms with Crippen LogP contribution in [0.4, 0.5) is 4.79 Å². The highest BCUT2D eigenvalue weighted by molar-refractivity contribution is 6.18. The lowest BCUT2D eigenvalue weighted by Crippen LogP contribution is -2.44. The van der Waals surface area contributed by atoms with E-state index in [4.69, 9.17) is 32.0 Å². The molecule has 28 heavy (non-hydrogen) atoms. The third-order valence-electron chi connectivity index (χ3n) is 4.29. The predicted octanol–water partition coefficient (Wildman–Crippen LogP) is 3.00. The van der Waals surface area contributed by atoms with Crippen molar-refractivity contribution < 1.29 is 30.0 Å². The first-order chi connectivity index (χ1) is 13.2. The zero-order chi connectivity index (χ0) is 21.3. The van der Waals surface area contributed by atoms with Crippen LogP contribution in [0.25, 0.3) is 0 Å². The van der Waals surface area contributed by atoms with Crippen LogP contribution in [0.3, 0.4) is 0 Å². The topological polar surface area (TPSA) is 160 Å². The molecule has 1 fully saturated rings. The van der Waals surface area contributed by atoms with Gasteiger partial charge in [-0.2, -0.15) is 5.01 Å². The van der Waals surface area contributed by atoms with Gasteiger partial charge in [0, 0.05) is 11.9 Å². The third kappa shape index (κ3) is 7.10. The number of halogens is 1. The van der Waals surface area contributed by atoms with Gasteiger partial charge in [-0.15, -0.1) is 16.5 Å². The minimum Gasteiger partial charge on any atom is -0.504 e. The highest BCUT2D eigenvalue weighted by atomic mass is 35.5. The molecule has 2 rings (SSSR count). The lowest BCUT2D eigenvalue weighted by atomic mass is 9.87. The molecule has 5 N–H and O–H groups in total. The molecular formula is C17H24ClN3O7. The lowest BCUT2D eigenvalue weighted by Gasteiger charge is -2.27. The number of phenols is 3. The first kappa shape index (κ1) is 23.3. The van der Waals surface area contributed by atoms with Crippen molar-refractivity contribution in [3.8, 4) is 17.2 Å². The second-order valence-electron chi connectivity index (χ2n) is 6.47. The van der Waals surface area contributed by atoms with Crippen LogP contribution in [-0.4, -0.2) is 55.9 Å². The molecule has 1 aromatic rings. The molecule has 10 nitrogen and oxygen atoms in total. The fourth-order valence-corrected chi connectivity index (χ4v) is 2.80. The van der Waals surface area contributed by atoms with E-state index in [-0.39, 0.29) is 24.0 Å². The summed E-state index contributed by atoms with van der Waals surface area (Å²) < 4.78 is 0. The summed E-state index contributed by atoms with van der Waals surface area (Å²) >= 11 is 5.46. The zero-order valence-electron chi connectivity index (χ0n) is 15.3. The van der Waals surface area contributed by atoms with Crippen LogP contribution in [-0.2, 0) is 0 Å². The maximum atomic E-state index is 11.6. The van der Waals surface area contributed by atoms with Gasteiger partial charge in [0.1, 0.15) is 0 Å². The number of aromatic carboxylic acids is 1. The number of aromatic hydroxyl groups is 3. The average molecular weight is 418 g/mol. The molecular weight excluding hydrogens is 394 g/mol. The van der Waals surface area contributed by atoms with Crippen molar-refractivity contribution in [3.63, 3.8) is 0 Å². The van der Waals surface area contributed by atoms with Gasteiger partial charge in [-0.05, 0) is 43.7 Å². The Morgan fingerprint density at radius 3 is 2.14 bits per heavy atom. The molecule has 11 heteroatoms. The molecule has 1 aliphatic carbocycles. The molecule has 0 spiro atoms. The van der Waals surface area contributed by atoms with Gasteiger partial charge < -0.3 is 25.7 Å². The number of carboxylic acids is 1. The summed E-state index contributed by atoms with van der Waals surface area (Å²) in [5.41, 5.74) is -0.289. The smallest absolute Gasteiger partial charge is 0.340 e. The minimum atomic E-state index is -1.29. The third-order valence-corrected chi connectivity index (χ3v) is 4.46. The number of carbonyl (C=O) groups excluding carboxylic acids is 1. The predicted molar refractivity (Wildman–Crippen MR) is 102 cm³/mol. The summed E-state index contributed by atoms with van der Waals surface area (Å²) in [7, 11) is 0. The van der Waals surface area contributed by atoms with Crippen LogP contribution >= 0.6 is 11.6 Å². The Balaban J connectivity index is 0.000000292. The second-order valence-corrected chi connectivity index (χ2v) is 6.85. The van der Waals surface area contributed by atoms with Crippen molar-refractivity contribution in [2.45, 2.75) is 38.6 Å². The number of carboxylic acid groups (broad SMARTS) is 1. The Morgan fingerprint density at radius 1 is 1.18 bits per heavy atom. The van der Waals surface area contributed by atoms with Gasteiger partial charge in [0.2, 0.25) is 0 Å². The van der Waals surface area contributed by atoms with Crippen LogP contribution in [0.1, 0.15) is 43.0 Å². The van der Waals surface area contributed by atoms with Crippen LogP contribution in [0, 0.1) is 10.8 Å². The summed E-state index contributed by atoms with van der Waals surface area (Å²) in [4.78, 5) is 32.3. The molecule has 0 bridgehead atoms. The fraction of sp³-hybridized carbons (Fsp3) is 0.529. The molecule has 0 aromatic heterocycles. The van der Waals surface area contributed by atoms with Gasteiger partial charge in [-0.1, -0.05) is 6.92 Å². The van der Waals surface area contributed by atoms with Crippen LogP contribution in [0.5, 0.6) is 17.2 Å². The van der Waals surface area contributed by atoms with Gasteiger partial charge in [-0.3, -0.25) is 0 Å². The van der Waals surface area contributed by atoms with E-state index >= 15 is 0 Å². The molecule has 0 radical (unpaired) electrons. The minimum absolute atomic E-state index is 0.153. The van der Waals surface area contributed by atoms with Gasteiger partial charge in [0.05, 0.1) is 17.4 Å². The highest BCUT2D eigenvalue weighted by Crippen LogP contribution is 2.35. The Bertz CT molecular complexity index is 670. The number of nitrogens with zero attached hydrogens (tertiary/aromatic N) is 2. The van der Waals surface area contributed by atoms with Crippen molar-refractivity contribution in [3.05, 3.63) is 22.6 Å². The zero-order valence-corrected chi connectivity index (χ0v) is 16.1. The first-order valence-electron chi connectivity index (χ1n) is 8.65. The molecule has 2 amide bonds. The summed E-state index contributed by atoms with van der Waals surface area (Å²) in [5, 5.41) is 41.2. The molecule has 156 valence electrons. The van der Waals surface area contributed by atoms with E-state index in [9.17, 15) is 14.5 Å². The number of nitrogens with one attached hydrogen (secondary N) is 1. The van der Waals surface area contributed by atoms with Crippen LogP contribution in [0.2, 0.25) is 0 Å². The number of rotatable bonds is 5. The number of nitroso groups, excluding NO2 is 1. The number of phenolic OH excluding ortho intramolecular Hbond substituents is 3. The summed E-state index contributed by atoms with van der Waals surface area (Å²) in [6, 6.07) is 1.42. The van der Waals surface area contributed by atoms with E-state index in [2.05, 4.69) is 17.5 Å². The first-order valence-corrected chi connectivity index (χ1v) is 9.18. The number of hydrogen-bond acceptors (Lipinski definition) is 7.